The number of rotatable bonds is 6. The van der Waals surface area contributed by atoms with Gasteiger partial charge < -0.3 is 9.47 Å². The fourth-order valence-corrected chi connectivity index (χ4v) is 3.37. The molecule has 1 aliphatic carbocycles. The lowest BCUT2D eigenvalue weighted by atomic mass is 9.76. The highest BCUT2D eigenvalue weighted by Crippen LogP contribution is 2.41. The summed E-state index contributed by atoms with van der Waals surface area (Å²) in [6.07, 6.45) is 5.30. The molecule has 0 aromatic heterocycles. The van der Waals surface area contributed by atoms with Gasteiger partial charge in [-0.3, -0.25) is 11.3 Å². The van der Waals surface area contributed by atoms with E-state index in [0.29, 0.717) is 6.61 Å². The Labute approximate surface area is 125 Å². The molecule has 0 amide bonds. The summed E-state index contributed by atoms with van der Waals surface area (Å²) in [5.74, 6) is 5.65. The normalized spacial score (nSPS) is 19.2. The van der Waals surface area contributed by atoms with E-state index in [1.165, 1.54) is 19.6 Å². The zero-order valence-electron chi connectivity index (χ0n) is 12.8. The molecule has 0 bridgehead atoms. The third-order valence-corrected chi connectivity index (χ3v) is 4.33. The summed E-state index contributed by atoms with van der Waals surface area (Å²) in [5.41, 5.74) is 3.28. The molecule has 21 heavy (non-hydrogen) atoms. The predicted octanol–water partition coefficient (Wildman–Crippen LogP) is 3.08. The second kappa shape index (κ2) is 7.20. The van der Waals surface area contributed by atoms with E-state index in [0.717, 1.165) is 31.2 Å². The van der Waals surface area contributed by atoms with Gasteiger partial charge in [-0.2, -0.15) is 0 Å². The van der Waals surface area contributed by atoms with Gasteiger partial charge in [-0.25, -0.2) is 4.39 Å². The van der Waals surface area contributed by atoms with Crippen LogP contribution in [-0.2, 0) is 4.74 Å². The fourth-order valence-electron chi connectivity index (χ4n) is 3.37. The lowest BCUT2D eigenvalue weighted by molar-refractivity contribution is -0.0914. The van der Waals surface area contributed by atoms with Gasteiger partial charge >= 0.3 is 0 Å². The van der Waals surface area contributed by atoms with E-state index in [1.54, 1.807) is 6.07 Å². The van der Waals surface area contributed by atoms with Crippen molar-refractivity contribution in [3.63, 3.8) is 0 Å². The third kappa shape index (κ3) is 3.36. The first-order valence-electron chi connectivity index (χ1n) is 7.60. The van der Waals surface area contributed by atoms with Crippen molar-refractivity contribution in [3.05, 3.63) is 29.6 Å². The number of hydrogen-bond donors (Lipinski definition) is 2. The molecule has 0 saturated heterocycles. The van der Waals surface area contributed by atoms with E-state index in [1.807, 2.05) is 13.0 Å². The van der Waals surface area contributed by atoms with Crippen molar-refractivity contribution >= 4 is 0 Å². The van der Waals surface area contributed by atoms with Gasteiger partial charge in [-0.1, -0.05) is 25.3 Å². The van der Waals surface area contributed by atoms with Gasteiger partial charge in [0.15, 0.2) is 11.6 Å². The standard InChI is InChI=1S/C16H25FN2O2/c1-3-21-16(9-5-4-6-10-16)15(19-18)12-7-8-14(20-2)13(17)11-12/h7-8,11,15,19H,3-6,9-10,18H2,1-2H3. The fraction of sp³-hybridized carbons (Fsp3) is 0.625. The Morgan fingerprint density at radius 3 is 2.57 bits per heavy atom. The summed E-state index contributed by atoms with van der Waals surface area (Å²) in [4.78, 5) is 0. The first-order chi connectivity index (χ1) is 10.2. The first-order valence-corrected chi connectivity index (χ1v) is 7.60. The lowest BCUT2D eigenvalue weighted by Gasteiger charge is -2.43. The van der Waals surface area contributed by atoms with Gasteiger partial charge in [0, 0.05) is 6.61 Å². The van der Waals surface area contributed by atoms with Crippen LogP contribution < -0.4 is 16.0 Å². The molecule has 0 aliphatic heterocycles. The van der Waals surface area contributed by atoms with Gasteiger partial charge in [0.05, 0.1) is 18.8 Å². The largest absolute Gasteiger partial charge is 0.494 e. The molecule has 5 heteroatoms. The average Bonchev–Trinajstić information content (AvgIpc) is 2.49. The van der Waals surface area contributed by atoms with Crippen LogP contribution in [0.3, 0.4) is 0 Å². The number of methoxy groups -OCH3 is 1. The molecule has 2 rings (SSSR count). The van der Waals surface area contributed by atoms with Crippen LogP contribution in [-0.4, -0.2) is 19.3 Å². The highest BCUT2D eigenvalue weighted by Gasteiger charge is 2.41. The molecule has 0 radical (unpaired) electrons. The maximum absolute atomic E-state index is 14.0. The molecule has 4 nitrogen and oxygen atoms in total. The lowest BCUT2D eigenvalue weighted by Crippen LogP contribution is -2.49. The zero-order valence-corrected chi connectivity index (χ0v) is 12.8. The molecule has 1 unspecified atom stereocenters. The van der Waals surface area contributed by atoms with Gasteiger partial charge in [-0.05, 0) is 37.5 Å². The Bertz CT molecular complexity index is 456. The highest BCUT2D eigenvalue weighted by molar-refractivity contribution is 5.32. The molecule has 118 valence electrons. The second-order valence-corrected chi connectivity index (χ2v) is 5.55. The smallest absolute Gasteiger partial charge is 0.165 e. The van der Waals surface area contributed by atoms with Crippen LogP contribution in [0.1, 0.15) is 50.6 Å². The summed E-state index contributed by atoms with van der Waals surface area (Å²) in [5, 5.41) is 0. The quantitative estimate of drug-likeness (QED) is 0.625. The van der Waals surface area contributed by atoms with Crippen molar-refractivity contribution in [3.8, 4) is 5.75 Å². The summed E-state index contributed by atoms with van der Waals surface area (Å²) in [7, 11) is 1.46. The number of nitrogens with one attached hydrogen (secondary N) is 1. The van der Waals surface area contributed by atoms with Gasteiger partial charge in [0.2, 0.25) is 0 Å². The van der Waals surface area contributed by atoms with Crippen molar-refractivity contribution in [1.29, 1.82) is 0 Å². The van der Waals surface area contributed by atoms with Crippen molar-refractivity contribution in [1.82, 2.24) is 5.43 Å². The van der Waals surface area contributed by atoms with Crippen molar-refractivity contribution in [2.24, 2.45) is 5.84 Å². The number of hydrogen-bond acceptors (Lipinski definition) is 4. The molecule has 1 aromatic rings. The minimum absolute atomic E-state index is 0.224. The topological polar surface area (TPSA) is 56.5 Å². The Morgan fingerprint density at radius 1 is 1.33 bits per heavy atom. The molecule has 1 aromatic carbocycles. The molecule has 1 fully saturated rings. The van der Waals surface area contributed by atoms with E-state index in [2.05, 4.69) is 5.43 Å². The summed E-state index contributed by atoms with van der Waals surface area (Å²) in [6.45, 7) is 2.61. The van der Waals surface area contributed by atoms with Crippen LogP contribution in [0.2, 0.25) is 0 Å². The van der Waals surface area contributed by atoms with E-state index in [9.17, 15) is 4.39 Å². The number of benzene rings is 1. The Morgan fingerprint density at radius 2 is 2.05 bits per heavy atom. The molecule has 0 spiro atoms. The number of hydrazine groups is 1. The molecule has 1 aliphatic rings. The maximum atomic E-state index is 14.0. The van der Waals surface area contributed by atoms with Gasteiger partial charge in [0.25, 0.3) is 0 Å². The van der Waals surface area contributed by atoms with Crippen LogP contribution in [0.4, 0.5) is 4.39 Å². The summed E-state index contributed by atoms with van der Waals surface area (Å²) >= 11 is 0. The van der Waals surface area contributed by atoms with Crippen LogP contribution in [0.25, 0.3) is 0 Å². The molecule has 1 atom stereocenters. The molecule has 3 N–H and O–H groups in total. The van der Waals surface area contributed by atoms with Crippen molar-refractivity contribution < 1.29 is 13.9 Å². The molecular weight excluding hydrogens is 271 g/mol. The van der Waals surface area contributed by atoms with Crippen molar-refractivity contribution in [2.75, 3.05) is 13.7 Å². The number of halogens is 1. The minimum Gasteiger partial charge on any atom is -0.494 e. The SMILES string of the molecule is CCOC1(C(NN)c2ccc(OC)c(F)c2)CCCCC1. The first kappa shape index (κ1) is 16.2. The van der Waals surface area contributed by atoms with Gasteiger partial charge in [-0.15, -0.1) is 0 Å². The molecule has 0 heterocycles. The monoisotopic (exact) mass is 296 g/mol. The summed E-state index contributed by atoms with van der Waals surface area (Å²) in [6, 6.07) is 4.75. The summed E-state index contributed by atoms with van der Waals surface area (Å²) < 4.78 is 25.0. The van der Waals surface area contributed by atoms with Gasteiger partial charge in [0.1, 0.15) is 0 Å². The van der Waals surface area contributed by atoms with Crippen molar-refractivity contribution in [2.45, 2.75) is 50.7 Å². The van der Waals surface area contributed by atoms with Crippen LogP contribution in [0.15, 0.2) is 18.2 Å². The Kier molecular flexibility index (Phi) is 5.56. The zero-order chi connectivity index (χ0) is 15.3. The van der Waals surface area contributed by atoms with Crippen LogP contribution in [0, 0.1) is 5.82 Å². The van der Waals surface area contributed by atoms with E-state index in [-0.39, 0.29) is 23.2 Å². The predicted molar refractivity (Wildman–Crippen MR) is 80.5 cm³/mol. The molecular formula is C16H25FN2O2. The van der Waals surface area contributed by atoms with E-state index in [4.69, 9.17) is 15.3 Å². The minimum atomic E-state index is -0.377. The third-order valence-electron chi connectivity index (χ3n) is 4.33. The van der Waals surface area contributed by atoms with Crippen LogP contribution in [0.5, 0.6) is 5.75 Å². The van der Waals surface area contributed by atoms with Crippen LogP contribution >= 0.6 is 0 Å². The average molecular weight is 296 g/mol. The van der Waals surface area contributed by atoms with E-state index >= 15 is 0 Å². The number of ether oxygens (including phenoxy) is 2. The Hall–Kier alpha value is -1.17. The second-order valence-electron chi connectivity index (χ2n) is 5.55. The Balaban J connectivity index is 2.33. The number of nitrogens with two attached hydrogens (primary N) is 1. The molecule has 1 saturated carbocycles. The highest BCUT2D eigenvalue weighted by atomic mass is 19.1. The van der Waals surface area contributed by atoms with E-state index < -0.39 is 0 Å². The maximum Gasteiger partial charge on any atom is 0.165 e.